The van der Waals surface area contributed by atoms with E-state index in [4.69, 9.17) is 11.6 Å². The van der Waals surface area contributed by atoms with Crippen LogP contribution in [0.25, 0.3) is 0 Å². The minimum Gasteiger partial charge on any atom is -0.287 e. The van der Waals surface area contributed by atoms with E-state index in [2.05, 4.69) is 8.75 Å². The molecule has 0 radical (unpaired) electrons. The molecule has 12 heavy (non-hydrogen) atoms. The maximum atomic E-state index is 11.2. The summed E-state index contributed by atoms with van der Waals surface area (Å²) in [6, 6.07) is 0. The van der Waals surface area contributed by atoms with Crippen LogP contribution in [0, 0.1) is 0 Å². The van der Waals surface area contributed by atoms with Crippen molar-refractivity contribution in [1.82, 2.24) is 8.75 Å². The van der Waals surface area contributed by atoms with Crippen LogP contribution in [-0.2, 0) is 0 Å². The summed E-state index contributed by atoms with van der Waals surface area (Å²) in [6.07, 6.45) is 1.06. The number of rotatable bonds is 0. The number of hydrogen-bond donors (Lipinski definition) is 0. The smallest absolute Gasteiger partial charge is 0.226 e. The van der Waals surface area contributed by atoms with Crippen LogP contribution in [0.3, 0.4) is 0 Å². The lowest BCUT2D eigenvalue weighted by molar-refractivity contribution is 0.0985. The number of carbonyl (C=O) groups excluding carboxylic acids is 2. The Labute approximate surface area is 76.2 Å². The van der Waals surface area contributed by atoms with Gasteiger partial charge in [0.05, 0.1) is 16.8 Å². The number of fused-ring (bicyclic) bond motifs is 1. The molecule has 0 saturated carbocycles. The number of Topliss-reactive ketones (excluding diaryl/α,β-unsaturated/α-hetero) is 1. The molecule has 6 heteroatoms. The first-order chi connectivity index (χ1) is 5.70. The lowest BCUT2D eigenvalue weighted by atomic mass is 10.1. The minimum absolute atomic E-state index is 0.0671. The Morgan fingerprint density at radius 3 is 2.67 bits per heavy atom. The van der Waals surface area contributed by atoms with Crippen LogP contribution < -0.4 is 0 Å². The van der Waals surface area contributed by atoms with Gasteiger partial charge in [-0.15, -0.1) is 0 Å². The third-order valence-corrected chi connectivity index (χ3v) is 2.22. The zero-order valence-corrected chi connectivity index (χ0v) is 7.15. The standard InChI is InChI=1S/C6HClN2O2S/c7-2-1-3(10)4-5(6(2)11)9-12-8-4/h1H. The number of halogens is 1. The third kappa shape index (κ3) is 0.904. The molecule has 0 aliphatic heterocycles. The summed E-state index contributed by atoms with van der Waals surface area (Å²) in [6.45, 7) is 0. The molecule has 0 atom stereocenters. The molecule has 1 aliphatic rings. The highest BCUT2D eigenvalue weighted by Crippen LogP contribution is 2.21. The molecule has 0 aromatic carbocycles. The molecule has 1 heterocycles. The summed E-state index contributed by atoms with van der Waals surface area (Å²) in [4.78, 5) is 22.3. The summed E-state index contributed by atoms with van der Waals surface area (Å²) in [5, 5.41) is -0.0970. The van der Waals surface area contributed by atoms with Crippen LogP contribution in [0.15, 0.2) is 11.1 Å². The summed E-state index contributed by atoms with van der Waals surface area (Å²) in [5.41, 5.74) is 0.173. The highest BCUT2D eigenvalue weighted by atomic mass is 35.5. The molecule has 0 saturated heterocycles. The van der Waals surface area contributed by atoms with Crippen molar-refractivity contribution in [3.05, 3.63) is 22.5 Å². The van der Waals surface area contributed by atoms with Crippen molar-refractivity contribution < 1.29 is 9.59 Å². The summed E-state index contributed by atoms with van der Waals surface area (Å²) >= 11 is 6.31. The van der Waals surface area contributed by atoms with E-state index in [1.807, 2.05) is 0 Å². The third-order valence-electron chi connectivity index (χ3n) is 1.41. The second-order valence-corrected chi connectivity index (χ2v) is 3.08. The van der Waals surface area contributed by atoms with Crippen molar-refractivity contribution >= 4 is 34.9 Å². The first-order valence-corrected chi connectivity index (χ1v) is 4.10. The molecule has 0 bridgehead atoms. The van der Waals surface area contributed by atoms with Crippen molar-refractivity contribution in [1.29, 1.82) is 0 Å². The number of nitrogens with zero attached hydrogens (tertiary/aromatic N) is 2. The van der Waals surface area contributed by atoms with Crippen molar-refractivity contribution in [2.75, 3.05) is 0 Å². The van der Waals surface area contributed by atoms with Gasteiger partial charge in [-0.05, 0) is 0 Å². The van der Waals surface area contributed by atoms with Crippen molar-refractivity contribution in [2.45, 2.75) is 0 Å². The second-order valence-electron chi connectivity index (χ2n) is 2.15. The fourth-order valence-corrected chi connectivity index (χ4v) is 1.60. The number of ketones is 2. The Balaban J connectivity index is 2.67. The molecule has 0 spiro atoms. The molecular weight excluding hydrogens is 200 g/mol. The Hall–Kier alpha value is -1.07. The fourth-order valence-electron chi connectivity index (χ4n) is 0.861. The average Bonchev–Trinajstić information content (AvgIpc) is 2.48. The van der Waals surface area contributed by atoms with E-state index in [0.717, 1.165) is 17.8 Å². The van der Waals surface area contributed by atoms with Crippen molar-refractivity contribution in [3.8, 4) is 0 Å². The van der Waals surface area contributed by atoms with Gasteiger partial charge in [-0.1, -0.05) is 11.6 Å². The van der Waals surface area contributed by atoms with E-state index < -0.39 is 5.78 Å². The zero-order valence-electron chi connectivity index (χ0n) is 5.57. The highest BCUT2D eigenvalue weighted by molar-refractivity contribution is 6.99. The minimum atomic E-state index is -0.431. The van der Waals surface area contributed by atoms with E-state index in [1.165, 1.54) is 0 Å². The van der Waals surface area contributed by atoms with Gasteiger partial charge in [0.25, 0.3) is 0 Å². The van der Waals surface area contributed by atoms with Crippen molar-refractivity contribution in [2.24, 2.45) is 0 Å². The van der Waals surface area contributed by atoms with Crippen LogP contribution in [0.5, 0.6) is 0 Å². The topological polar surface area (TPSA) is 59.9 Å². The van der Waals surface area contributed by atoms with Crippen LogP contribution in [0.1, 0.15) is 21.0 Å². The molecule has 0 amide bonds. The monoisotopic (exact) mass is 200 g/mol. The predicted octanol–water partition coefficient (Wildman–Crippen LogP) is 1.04. The van der Waals surface area contributed by atoms with Crippen LogP contribution in [0.4, 0.5) is 0 Å². The molecule has 4 nitrogen and oxygen atoms in total. The van der Waals surface area contributed by atoms with Gasteiger partial charge in [-0.25, -0.2) is 0 Å². The molecule has 1 aliphatic carbocycles. The molecule has 0 fully saturated rings. The van der Waals surface area contributed by atoms with E-state index >= 15 is 0 Å². The van der Waals surface area contributed by atoms with Crippen molar-refractivity contribution in [3.63, 3.8) is 0 Å². The van der Waals surface area contributed by atoms with E-state index in [-0.39, 0.29) is 22.2 Å². The SMILES string of the molecule is O=C1C=C(Cl)C(=O)c2nsnc21. The highest BCUT2D eigenvalue weighted by Gasteiger charge is 2.28. The van der Waals surface area contributed by atoms with Gasteiger partial charge < -0.3 is 0 Å². The molecule has 0 unspecified atom stereocenters. The zero-order chi connectivity index (χ0) is 8.72. The number of aromatic nitrogens is 2. The lowest BCUT2D eigenvalue weighted by Crippen LogP contribution is -2.14. The molecule has 1 aromatic rings. The molecule has 2 rings (SSSR count). The van der Waals surface area contributed by atoms with Gasteiger partial charge in [0.2, 0.25) is 11.6 Å². The Bertz CT molecular complexity index is 409. The van der Waals surface area contributed by atoms with E-state index in [9.17, 15) is 9.59 Å². The summed E-state index contributed by atoms with van der Waals surface area (Å²) < 4.78 is 7.35. The van der Waals surface area contributed by atoms with Crippen LogP contribution >= 0.6 is 23.3 Å². The Morgan fingerprint density at radius 1 is 1.25 bits per heavy atom. The first-order valence-electron chi connectivity index (χ1n) is 2.99. The summed E-state index contributed by atoms with van der Waals surface area (Å²) in [5.74, 6) is -0.789. The molecule has 1 aromatic heterocycles. The molecule has 60 valence electrons. The summed E-state index contributed by atoms with van der Waals surface area (Å²) in [7, 11) is 0. The normalized spacial score (nSPS) is 15.9. The van der Waals surface area contributed by atoms with Gasteiger partial charge in [0, 0.05) is 6.08 Å². The Kier molecular flexibility index (Phi) is 1.55. The van der Waals surface area contributed by atoms with Crippen LogP contribution in [-0.4, -0.2) is 20.3 Å². The molecular formula is C6HClN2O2S. The van der Waals surface area contributed by atoms with Gasteiger partial charge in [-0.2, -0.15) is 8.75 Å². The maximum Gasteiger partial charge on any atom is 0.226 e. The van der Waals surface area contributed by atoms with E-state index in [1.54, 1.807) is 0 Å². The quantitative estimate of drug-likeness (QED) is 0.628. The van der Waals surface area contributed by atoms with Gasteiger partial charge in [0.1, 0.15) is 0 Å². The average molecular weight is 201 g/mol. The molecule has 0 N–H and O–H groups in total. The first kappa shape index (κ1) is 7.57. The fraction of sp³-hybridized carbons (Fsp3) is 0. The number of allylic oxidation sites excluding steroid dienone is 2. The number of carbonyl (C=O) groups is 2. The van der Waals surface area contributed by atoms with Gasteiger partial charge in [0.15, 0.2) is 11.4 Å². The predicted molar refractivity (Wildman–Crippen MR) is 42.5 cm³/mol. The Morgan fingerprint density at radius 2 is 1.92 bits per heavy atom. The number of hydrogen-bond acceptors (Lipinski definition) is 5. The van der Waals surface area contributed by atoms with Gasteiger partial charge in [-0.3, -0.25) is 9.59 Å². The van der Waals surface area contributed by atoms with Gasteiger partial charge >= 0.3 is 0 Å². The largest absolute Gasteiger partial charge is 0.287 e. The maximum absolute atomic E-state index is 11.2. The lowest BCUT2D eigenvalue weighted by Gasteiger charge is -2.01. The van der Waals surface area contributed by atoms with Crippen LogP contribution in [0.2, 0.25) is 0 Å². The second kappa shape index (κ2) is 2.46. The van der Waals surface area contributed by atoms with E-state index in [0.29, 0.717) is 0 Å².